The van der Waals surface area contributed by atoms with E-state index in [1.54, 1.807) is 6.07 Å². The summed E-state index contributed by atoms with van der Waals surface area (Å²) < 4.78 is 46.5. The van der Waals surface area contributed by atoms with Gasteiger partial charge in [-0.05, 0) is 42.2 Å². The van der Waals surface area contributed by atoms with Gasteiger partial charge in [0.1, 0.15) is 5.75 Å². The van der Waals surface area contributed by atoms with Crippen LogP contribution in [0.1, 0.15) is 42.9 Å². The summed E-state index contributed by atoms with van der Waals surface area (Å²) in [6.45, 7) is 5.02. The predicted octanol–water partition coefficient (Wildman–Crippen LogP) is 3.78. The zero-order chi connectivity index (χ0) is 22.1. The number of rotatable bonds is 5. The van der Waals surface area contributed by atoms with Gasteiger partial charge >= 0.3 is 6.18 Å². The first-order valence-corrected chi connectivity index (χ1v) is 9.36. The summed E-state index contributed by atoms with van der Waals surface area (Å²) >= 11 is 0. The van der Waals surface area contributed by atoms with Gasteiger partial charge in [0.2, 0.25) is 0 Å². The van der Waals surface area contributed by atoms with Crippen molar-refractivity contribution >= 4 is 11.6 Å². The van der Waals surface area contributed by atoms with Gasteiger partial charge in [-0.15, -0.1) is 0 Å². The standard InChI is InChI=1S/C21H22F3N3O3/c1-13(2)16-5-4-14(3)10-18(16)30-12-19(28)27-20(29,21(22,23)24)11-17(26-27)15-6-8-25-9-7-15/h4-10,13,29H,11-12H2,1-3H3/t20-/m1/s1. The number of nitrogens with zero attached hydrogens (tertiary/aromatic N) is 3. The molecule has 0 unspecified atom stereocenters. The maximum Gasteiger partial charge on any atom is 0.438 e. The van der Waals surface area contributed by atoms with E-state index in [2.05, 4.69) is 10.1 Å². The molecule has 2 aromatic rings. The van der Waals surface area contributed by atoms with Crippen molar-refractivity contribution in [2.75, 3.05) is 6.61 Å². The number of ether oxygens (including phenoxy) is 1. The van der Waals surface area contributed by atoms with E-state index in [4.69, 9.17) is 4.74 Å². The van der Waals surface area contributed by atoms with Crippen molar-refractivity contribution in [3.8, 4) is 5.75 Å². The molecule has 0 saturated carbocycles. The average Bonchev–Trinajstić information content (AvgIpc) is 3.05. The fourth-order valence-electron chi connectivity index (χ4n) is 3.18. The summed E-state index contributed by atoms with van der Waals surface area (Å²) in [6.07, 6.45) is -3.20. The van der Waals surface area contributed by atoms with Crippen molar-refractivity contribution in [2.45, 2.75) is 45.0 Å². The summed E-state index contributed by atoms with van der Waals surface area (Å²) in [6, 6.07) is 8.37. The number of hydrazone groups is 1. The third-order valence-corrected chi connectivity index (χ3v) is 4.83. The minimum absolute atomic E-state index is 0.0657. The molecular weight excluding hydrogens is 399 g/mol. The van der Waals surface area contributed by atoms with Crippen molar-refractivity contribution in [2.24, 2.45) is 5.10 Å². The minimum Gasteiger partial charge on any atom is -0.483 e. The molecule has 1 aliphatic rings. The van der Waals surface area contributed by atoms with Crippen LogP contribution in [-0.4, -0.2) is 45.2 Å². The van der Waals surface area contributed by atoms with Crippen LogP contribution in [0.4, 0.5) is 13.2 Å². The molecule has 30 heavy (non-hydrogen) atoms. The van der Waals surface area contributed by atoms with Gasteiger partial charge in [0.15, 0.2) is 6.61 Å². The van der Waals surface area contributed by atoms with Gasteiger partial charge in [-0.25, -0.2) is 0 Å². The number of amides is 1. The normalized spacial score (nSPS) is 19.2. The lowest BCUT2D eigenvalue weighted by Gasteiger charge is -2.32. The van der Waals surface area contributed by atoms with Crippen LogP contribution in [0.2, 0.25) is 0 Å². The number of carbonyl (C=O) groups is 1. The summed E-state index contributed by atoms with van der Waals surface area (Å²) in [4.78, 5) is 16.5. The lowest BCUT2D eigenvalue weighted by Crippen LogP contribution is -2.57. The number of alkyl halides is 3. The third kappa shape index (κ3) is 4.16. The molecule has 0 saturated heterocycles. The third-order valence-electron chi connectivity index (χ3n) is 4.83. The zero-order valence-corrected chi connectivity index (χ0v) is 16.8. The largest absolute Gasteiger partial charge is 0.483 e. The molecule has 1 atom stereocenters. The van der Waals surface area contributed by atoms with E-state index in [1.807, 2.05) is 32.9 Å². The SMILES string of the molecule is Cc1ccc(C(C)C)c(OCC(=O)N2N=C(c3ccncc3)C[C@@]2(O)C(F)(F)F)c1. The first-order chi connectivity index (χ1) is 14.0. The number of aromatic nitrogens is 1. The van der Waals surface area contributed by atoms with Crippen LogP contribution in [0.15, 0.2) is 47.8 Å². The Hall–Kier alpha value is -2.94. The molecule has 0 bridgehead atoms. The molecule has 9 heteroatoms. The van der Waals surface area contributed by atoms with Crippen molar-refractivity contribution in [3.63, 3.8) is 0 Å². The van der Waals surface area contributed by atoms with Crippen molar-refractivity contribution in [1.82, 2.24) is 9.99 Å². The topological polar surface area (TPSA) is 75.0 Å². The van der Waals surface area contributed by atoms with Gasteiger partial charge in [0, 0.05) is 18.0 Å². The van der Waals surface area contributed by atoms with E-state index in [9.17, 15) is 23.1 Å². The Labute approximate surface area is 172 Å². The van der Waals surface area contributed by atoms with Gasteiger partial charge in [-0.3, -0.25) is 9.78 Å². The highest BCUT2D eigenvalue weighted by Gasteiger charge is 2.63. The molecule has 1 amide bonds. The van der Waals surface area contributed by atoms with E-state index in [0.29, 0.717) is 11.3 Å². The summed E-state index contributed by atoms with van der Waals surface area (Å²) in [5.41, 5.74) is -1.47. The summed E-state index contributed by atoms with van der Waals surface area (Å²) in [5, 5.41) is 14.2. The van der Waals surface area contributed by atoms with E-state index in [0.717, 1.165) is 11.1 Å². The van der Waals surface area contributed by atoms with Gasteiger partial charge in [-0.2, -0.15) is 23.3 Å². The van der Waals surface area contributed by atoms with Crippen molar-refractivity contribution in [1.29, 1.82) is 0 Å². The molecule has 160 valence electrons. The highest BCUT2D eigenvalue weighted by Crippen LogP contribution is 2.41. The number of hydrogen-bond donors (Lipinski definition) is 1. The minimum atomic E-state index is -5.10. The molecule has 0 fully saturated rings. The lowest BCUT2D eigenvalue weighted by molar-refractivity contribution is -0.302. The first-order valence-electron chi connectivity index (χ1n) is 9.36. The number of aliphatic hydroxyl groups is 1. The molecule has 0 aliphatic carbocycles. The van der Waals surface area contributed by atoms with Crippen LogP contribution in [-0.2, 0) is 4.79 Å². The molecule has 0 radical (unpaired) electrons. The molecule has 2 heterocycles. The molecule has 1 aliphatic heterocycles. The van der Waals surface area contributed by atoms with E-state index < -0.39 is 30.8 Å². The van der Waals surface area contributed by atoms with Crippen LogP contribution in [0.3, 0.4) is 0 Å². The van der Waals surface area contributed by atoms with Crippen LogP contribution >= 0.6 is 0 Å². The van der Waals surface area contributed by atoms with Crippen molar-refractivity contribution < 1.29 is 27.8 Å². The quantitative estimate of drug-likeness (QED) is 0.797. The number of halogens is 3. The molecule has 1 aromatic carbocycles. The van der Waals surface area contributed by atoms with E-state index in [1.165, 1.54) is 24.5 Å². The molecular formula is C21H22F3N3O3. The van der Waals surface area contributed by atoms with Gasteiger partial charge in [-0.1, -0.05) is 26.0 Å². The maximum atomic E-state index is 13.7. The van der Waals surface area contributed by atoms with Crippen LogP contribution in [0.5, 0.6) is 5.75 Å². The molecule has 0 spiro atoms. The van der Waals surface area contributed by atoms with Crippen LogP contribution < -0.4 is 4.74 Å². The highest BCUT2D eigenvalue weighted by molar-refractivity contribution is 6.03. The highest BCUT2D eigenvalue weighted by atomic mass is 19.4. The average molecular weight is 421 g/mol. The number of benzene rings is 1. The Balaban J connectivity index is 1.87. The Kier molecular flexibility index (Phi) is 5.85. The fraction of sp³-hybridized carbons (Fsp3) is 0.381. The predicted molar refractivity (Wildman–Crippen MR) is 104 cm³/mol. The van der Waals surface area contributed by atoms with Gasteiger partial charge < -0.3 is 9.84 Å². The number of pyridine rings is 1. The first kappa shape index (κ1) is 21.8. The second-order valence-corrected chi connectivity index (χ2v) is 7.46. The number of aryl methyl sites for hydroxylation is 1. The molecule has 1 aromatic heterocycles. The van der Waals surface area contributed by atoms with E-state index in [-0.39, 0.29) is 16.6 Å². The second kappa shape index (κ2) is 8.06. The Bertz CT molecular complexity index is 961. The van der Waals surface area contributed by atoms with Crippen molar-refractivity contribution in [3.05, 3.63) is 59.4 Å². The van der Waals surface area contributed by atoms with Crippen LogP contribution in [0.25, 0.3) is 0 Å². The maximum absolute atomic E-state index is 13.7. The lowest BCUT2D eigenvalue weighted by atomic mass is 10.0. The summed E-state index contributed by atoms with van der Waals surface area (Å²) in [5.74, 6) is -0.604. The Morgan fingerprint density at radius 2 is 1.93 bits per heavy atom. The van der Waals surface area contributed by atoms with Gasteiger partial charge in [0.05, 0.1) is 12.1 Å². The zero-order valence-electron chi connectivity index (χ0n) is 16.8. The fourth-order valence-corrected chi connectivity index (χ4v) is 3.18. The van der Waals surface area contributed by atoms with Crippen LogP contribution in [0, 0.1) is 6.92 Å². The molecule has 1 N–H and O–H groups in total. The monoisotopic (exact) mass is 421 g/mol. The Morgan fingerprint density at radius 1 is 1.27 bits per heavy atom. The number of hydrogen-bond acceptors (Lipinski definition) is 5. The second-order valence-electron chi connectivity index (χ2n) is 7.46. The molecule has 3 rings (SSSR count). The summed E-state index contributed by atoms with van der Waals surface area (Å²) in [7, 11) is 0. The Morgan fingerprint density at radius 3 is 2.53 bits per heavy atom. The molecule has 6 nitrogen and oxygen atoms in total. The number of carbonyl (C=O) groups excluding carboxylic acids is 1. The van der Waals surface area contributed by atoms with E-state index >= 15 is 0 Å². The smallest absolute Gasteiger partial charge is 0.438 e. The van der Waals surface area contributed by atoms with Gasteiger partial charge in [0.25, 0.3) is 11.6 Å².